The Balaban J connectivity index is 1.64. The van der Waals surface area contributed by atoms with Crippen molar-refractivity contribution in [1.82, 2.24) is 24.9 Å². The number of aromatic nitrogens is 4. The molecule has 1 aliphatic carbocycles. The van der Waals surface area contributed by atoms with E-state index in [-0.39, 0.29) is 18.4 Å². The monoisotopic (exact) mass is 419 g/mol. The quantitative estimate of drug-likeness (QED) is 0.568. The summed E-state index contributed by atoms with van der Waals surface area (Å²) in [4.78, 5) is 33.8. The fraction of sp³-hybridized carbons (Fsp3) is 0.650. The Morgan fingerprint density at radius 1 is 1.28 bits per heavy atom. The van der Waals surface area contributed by atoms with Gasteiger partial charge in [-0.15, -0.1) is 5.10 Å². The highest BCUT2D eigenvalue weighted by atomic mass is 32.2. The number of thioether (sulfide) groups is 1. The molecule has 0 radical (unpaired) electrons. The predicted octanol–water partition coefficient (Wildman–Crippen LogP) is 2.63. The third-order valence-corrected chi connectivity index (χ3v) is 6.19. The topological polar surface area (TPSA) is 98.5 Å². The highest BCUT2D eigenvalue weighted by molar-refractivity contribution is 7.98. The molecular formula is C20H29N5O3S. The molecule has 8 nitrogen and oxygen atoms in total. The number of ether oxygens (including phenoxy) is 1. The minimum absolute atomic E-state index is 0.0342. The summed E-state index contributed by atoms with van der Waals surface area (Å²) in [5, 5.41) is 8.06. The minimum atomic E-state index is -0.830. The summed E-state index contributed by atoms with van der Waals surface area (Å²) in [6.45, 7) is 7.49. The van der Waals surface area contributed by atoms with E-state index < -0.39 is 12.1 Å². The van der Waals surface area contributed by atoms with Crippen LogP contribution in [0.4, 0.5) is 0 Å². The third-order valence-electron chi connectivity index (χ3n) is 5.65. The van der Waals surface area contributed by atoms with Crippen molar-refractivity contribution < 1.29 is 14.3 Å². The van der Waals surface area contributed by atoms with E-state index in [4.69, 9.17) is 4.74 Å². The number of esters is 1. The number of aryl methyl sites for hydroxylation is 2. The smallest absolute Gasteiger partial charge is 0.311 e. The predicted molar refractivity (Wildman–Crippen MR) is 111 cm³/mol. The lowest BCUT2D eigenvalue weighted by atomic mass is 9.86. The third kappa shape index (κ3) is 4.88. The van der Waals surface area contributed by atoms with Crippen molar-refractivity contribution in [1.29, 1.82) is 0 Å². The van der Waals surface area contributed by atoms with Gasteiger partial charge in [-0.25, -0.2) is 9.50 Å². The van der Waals surface area contributed by atoms with Crippen molar-refractivity contribution in [2.45, 2.75) is 77.1 Å². The fourth-order valence-electron chi connectivity index (χ4n) is 3.80. The zero-order valence-electron chi connectivity index (χ0n) is 17.7. The molecule has 2 aromatic rings. The molecule has 3 atom stereocenters. The van der Waals surface area contributed by atoms with Gasteiger partial charge in [0.15, 0.2) is 6.10 Å². The van der Waals surface area contributed by atoms with Gasteiger partial charge in [0.1, 0.15) is 0 Å². The standard InChI is InChI=1S/C20H29N5O3S/c1-11-8-6-7-9-16(11)22-18(27)14(4)28-17(26)10-15-12(2)21-19-23-20(29-5)24-25(19)13(15)3/h11,14,16H,6-10H2,1-5H3,(H,22,27)/t11-,14-,16-/m0/s1. The molecule has 1 saturated carbocycles. The maximum absolute atomic E-state index is 12.5. The number of carbonyl (C=O) groups is 2. The number of hydrogen-bond acceptors (Lipinski definition) is 7. The molecule has 3 rings (SSSR count). The number of carbonyl (C=O) groups excluding carboxylic acids is 2. The summed E-state index contributed by atoms with van der Waals surface area (Å²) in [6.07, 6.45) is 5.53. The van der Waals surface area contributed by atoms with Crippen molar-refractivity contribution in [2.24, 2.45) is 5.92 Å². The highest BCUT2D eigenvalue weighted by Crippen LogP contribution is 2.24. The van der Waals surface area contributed by atoms with E-state index >= 15 is 0 Å². The van der Waals surface area contributed by atoms with Gasteiger partial charge < -0.3 is 10.1 Å². The molecule has 9 heteroatoms. The van der Waals surface area contributed by atoms with Gasteiger partial charge in [-0.3, -0.25) is 9.59 Å². The Morgan fingerprint density at radius 2 is 2.00 bits per heavy atom. The number of amides is 1. The average Bonchev–Trinajstić information content (AvgIpc) is 3.10. The molecule has 1 aliphatic rings. The molecule has 0 spiro atoms. The molecule has 158 valence electrons. The Bertz CT molecular complexity index is 913. The Kier molecular flexibility index (Phi) is 6.77. The van der Waals surface area contributed by atoms with Gasteiger partial charge in [0, 0.05) is 23.0 Å². The fourth-order valence-corrected chi connectivity index (χ4v) is 4.14. The van der Waals surface area contributed by atoms with E-state index in [1.807, 2.05) is 20.1 Å². The number of fused-ring (bicyclic) bond motifs is 1. The van der Waals surface area contributed by atoms with Crippen LogP contribution in [0.25, 0.3) is 5.78 Å². The number of nitrogens with one attached hydrogen (secondary N) is 1. The molecule has 29 heavy (non-hydrogen) atoms. The first-order chi connectivity index (χ1) is 13.8. The van der Waals surface area contributed by atoms with Gasteiger partial charge in [-0.2, -0.15) is 4.98 Å². The molecule has 1 N–H and O–H groups in total. The van der Waals surface area contributed by atoms with Crippen LogP contribution in [0.1, 0.15) is 56.5 Å². The second-order valence-electron chi connectivity index (χ2n) is 7.76. The molecule has 0 saturated heterocycles. The molecule has 0 aliphatic heterocycles. The molecule has 0 bridgehead atoms. The zero-order chi connectivity index (χ0) is 21.1. The Hall–Kier alpha value is -2.16. The molecule has 0 aromatic carbocycles. The summed E-state index contributed by atoms with van der Waals surface area (Å²) in [5.74, 6) is 0.269. The first kappa shape index (κ1) is 21.5. The van der Waals surface area contributed by atoms with Crippen molar-refractivity contribution in [2.75, 3.05) is 6.26 Å². The molecule has 1 amide bonds. The van der Waals surface area contributed by atoms with E-state index in [0.29, 0.717) is 22.5 Å². The van der Waals surface area contributed by atoms with Crippen molar-refractivity contribution in [3.8, 4) is 0 Å². The number of nitrogens with zero attached hydrogens (tertiary/aromatic N) is 4. The maximum Gasteiger partial charge on any atom is 0.311 e. The molecule has 2 heterocycles. The van der Waals surface area contributed by atoms with Gasteiger partial charge in [-0.05, 0) is 45.8 Å². The Morgan fingerprint density at radius 3 is 2.69 bits per heavy atom. The molecule has 1 fully saturated rings. The van der Waals surface area contributed by atoms with Crippen LogP contribution >= 0.6 is 11.8 Å². The van der Waals surface area contributed by atoms with E-state index in [9.17, 15) is 9.59 Å². The first-order valence-corrected chi connectivity index (χ1v) is 11.3. The first-order valence-electron chi connectivity index (χ1n) is 10.1. The lowest BCUT2D eigenvalue weighted by Crippen LogP contribution is -2.46. The SMILES string of the molecule is CSc1nc2nc(C)c(CC(=O)O[C@@H](C)C(=O)N[C@H]3CCCC[C@@H]3C)c(C)n2n1. The van der Waals surface area contributed by atoms with Crippen LogP contribution in [0.3, 0.4) is 0 Å². The largest absolute Gasteiger partial charge is 0.452 e. The van der Waals surface area contributed by atoms with E-state index in [0.717, 1.165) is 30.5 Å². The van der Waals surface area contributed by atoms with Crippen molar-refractivity contribution in [3.63, 3.8) is 0 Å². The zero-order valence-corrected chi connectivity index (χ0v) is 18.5. The normalized spacial score (nSPS) is 20.4. The lowest BCUT2D eigenvalue weighted by Gasteiger charge is -2.30. The number of hydrogen-bond donors (Lipinski definition) is 1. The van der Waals surface area contributed by atoms with Crippen LogP contribution in [-0.2, 0) is 20.7 Å². The van der Waals surface area contributed by atoms with Crippen LogP contribution in [0.2, 0.25) is 0 Å². The second kappa shape index (κ2) is 9.11. The van der Waals surface area contributed by atoms with E-state index in [1.165, 1.54) is 18.2 Å². The second-order valence-corrected chi connectivity index (χ2v) is 8.53. The summed E-state index contributed by atoms with van der Waals surface area (Å²) < 4.78 is 7.05. The maximum atomic E-state index is 12.5. The van der Waals surface area contributed by atoms with Crippen LogP contribution in [-0.4, -0.2) is 49.9 Å². The summed E-state index contributed by atoms with van der Waals surface area (Å²) in [5.41, 5.74) is 2.25. The number of rotatable bonds is 6. The molecule has 2 aromatic heterocycles. The van der Waals surface area contributed by atoms with Crippen LogP contribution in [0, 0.1) is 19.8 Å². The summed E-state index contributed by atoms with van der Waals surface area (Å²) in [6, 6.07) is 0.159. The van der Waals surface area contributed by atoms with Gasteiger partial charge in [-0.1, -0.05) is 31.5 Å². The minimum Gasteiger partial charge on any atom is -0.452 e. The summed E-state index contributed by atoms with van der Waals surface area (Å²) >= 11 is 1.44. The molecule has 0 unspecified atom stereocenters. The van der Waals surface area contributed by atoms with Gasteiger partial charge in [0.2, 0.25) is 5.16 Å². The van der Waals surface area contributed by atoms with Crippen LogP contribution < -0.4 is 5.32 Å². The van der Waals surface area contributed by atoms with Crippen LogP contribution in [0.5, 0.6) is 0 Å². The van der Waals surface area contributed by atoms with Crippen molar-refractivity contribution in [3.05, 3.63) is 17.0 Å². The summed E-state index contributed by atoms with van der Waals surface area (Å²) in [7, 11) is 0. The van der Waals surface area contributed by atoms with Gasteiger partial charge in [0.05, 0.1) is 6.42 Å². The molecular weight excluding hydrogens is 390 g/mol. The highest BCUT2D eigenvalue weighted by Gasteiger charge is 2.27. The van der Waals surface area contributed by atoms with E-state index in [1.54, 1.807) is 11.4 Å². The van der Waals surface area contributed by atoms with Crippen LogP contribution in [0.15, 0.2) is 5.16 Å². The average molecular weight is 420 g/mol. The Labute approximate surface area is 175 Å². The van der Waals surface area contributed by atoms with E-state index in [2.05, 4.69) is 27.3 Å². The van der Waals surface area contributed by atoms with Crippen molar-refractivity contribution >= 4 is 29.4 Å². The van der Waals surface area contributed by atoms with Gasteiger partial charge in [0.25, 0.3) is 11.7 Å². The van der Waals surface area contributed by atoms with Gasteiger partial charge >= 0.3 is 5.97 Å². The lowest BCUT2D eigenvalue weighted by molar-refractivity contribution is -0.154.